The van der Waals surface area contributed by atoms with Gasteiger partial charge in [-0.3, -0.25) is 9.59 Å². The molecule has 0 spiro atoms. The van der Waals surface area contributed by atoms with Gasteiger partial charge in [-0.05, 0) is 77.5 Å². The van der Waals surface area contributed by atoms with Crippen molar-refractivity contribution < 1.29 is 28.7 Å². The lowest BCUT2D eigenvalue weighted by Gasteiger charge is -2.37. The molecule has 0 aromatic heterocycles. The normalized spacial score (nSPS) is 14.2. The van der Waals surface area contributed by atoms with E-state index in [2.05, 4.69) is 17.6 Å². The standard InChI is InChI=1S/C40H61N3O6/c1-11-13-14-15-21-26-43(36(45)33(28(3)12-2)42-38(47)49-40(8,9)10)34(31-25-20-19-22-29(31)4)35(44)41-32(37(46)48-39(5,6)7)27-30-23-17-16-18-24-30/h16-20,22-25,28,32-34H,11-15,21,26-27H2,1-10H3,(H,41,44)(H,42,47). The molecule has 9 heteroatoms. The number of benzene rings is 2. The molecule has 3 amide bonds. The smallest absolute Gasteiger partial charge is 0.408 e. The maximum atomic E-state index is 14.8. The maximum absolute atomic E-state index is 14.8. The number of nitrogens with zero attached hydrogens (tertiary/aromatic N) is 1. The summed E-state index contributed by atoms with van der Waals surface area (Å²) in [6.45, 7) is 18.9. The number of ether oxygens (including phenoxy) is 2. The zero-order valence-electron chi connectivity index (χ0n) is 31.6. The minimum absolute atomic E-state index is 0.211. The first-order chi connectivity index (χ1) is 23.0. The molecule has 0 aliphatic carbocycles. The second-order valence-corrected chi connectivity index (χ2v) is 15.0. The molecule has 9 nitrogen and oxygen atoms in total. The van der Waals surface area contributed by atoms with Crippen molar-refractivity contribution in [1.82, 2.24) is 15.5 Å². The second kappa shape index (κ2) is 19.3. The third-order valence-electron chi connectivity index (χ3n) is 8.27. The predicted molar refractivity (Wildman–Crippen MR) is 195 cm³/mol. The summed E-state index contributed by atoms with van der Waals surface area (Å²) in [4.78, 5) is 57.7. The Hall–Kier alpha value is -3.88. The van der Waals surface area contributed by atoms with Crippen molar-refractivity contribution in [2.45, 2.75) is 144 Å². The van der Waals surface area contributed by atoms with E-state index in [0.29, 0.717) is 18.4 Å². The molecule has 0 heterocycles. The van der Waals surface area contributed by atoms with Crippen molar-refractivity contribution in [2.24, 2.45) is 5.92 Å². The van der Waals surface area contributed by atoms with Crippen LogP contribution in [0.1, 0.15) is 124 Å². The summed E-state index contributed by atoms with van der Waals surface area (Å²) in [5, 5.41) is 5.83. The minimum atomic E-state index is -1.08. The van der Waals surface area contributed by atoms with Crippen LogP contribution in [0.25, 0.3) is 0 Å². The van der Waals surface area contributed by atoms with E-state index >= 15 is 0 Å². The lowest BCUT2D eigenvalue weighted by molar-refractivity contribution is -0.159. The Bertz CT molecular complexity index is 1350. The molecule has 0 fully saturated rings. The fraction of sp³-hybridized carbons (Fsp3) is 0.600. The van der Waals surface area contributed by atoms with Crippen molar-refractivity contribution >= 4 is 23.9 Å². The van der Waals surface area contributed by atoms with Gasteiger partial charge in [-0.2, -0.15) is 0 Å². The summed E-state index contributed by atoms with van der Waals surface area (Å²) in [6.07, 6.45) is 4.81. The lowest BCUT2D eigenvalue weighted by atomic mass is 9.93. The van der Waals surface area contributed by atoms with Gasteiger partial charge in [-0.1, -0.05) is 107 Å². The predicted octanol–water partition coefficient (Wildman–Crippen LogP) is 7.84. The summed E-state index contributed by atoms with van der Waals surface area (Å²) in [6, 6.07) is 13.9. The van der Waals surface area contributed by atoms with E-state index in [0.717, 1.165) is 36.8 Å². The monoisotopic (exact) mass is 679 g/mol. The van der Waals surface area contributed by atoms with Gasteiger partial charge in [0.15, 0.2) is 0 Å². The van der Waals surface area contributed by atoms with Crippen LogP contribution in [0.3, 0.4) is 0 Å². The molecule has 0 bridgehead atoms. The number of hydrogen-bond acceptors (Lipinski definition) is 6. The van der Waals surface area contributed by atoms with E-state index in [4.69, 9.17) is 9.47 Å². The Morgan fingerprint density at radius 1 is 0.776 bits per heavy atom. The van der Waals surface area contributed by atoms with Crippen LogP contribution in [0.5, 0.6) is 0 Å². The number of nitrogens with one attached hydrogen (secondary N) is 2. The van der Waals surface area contributed by atoms with Crippen molar-refractivity contribution in [3.05, 3.63) is 71.3 Å². The van der Waals surface area contributed by atoms with E-state index in [1.54, 1.807) is 46.4 Å². The van der Waals surface area contributed by atoms with E-state index in [1.165, 1.54) is 0 Å². The van der Waals surface area contributed by atoms with Crippen molar-refractivity contribution in [3.63, 3.8) is 0 Å². The van der Waals surface area contributed by atoms with E-state index < -0.39 is 47.3 Å². The van der Waals surface area contributed by atoms with Crippen LogP contribution in [0, 0.1) is 12.8 Å². The van der Waals surface area contributed by atoms with Gasteiger partial charge in [0.05, 0.1) is 0 Å². The number of carbonyl (C=O) groups is 4. The van der Waals surface area contributed by atoms with E-state index in [9.17, 15) is 19.2 Å². The molecule has 0 aliphatic rings. The molecule has 0 saturated heterocycles. The lowest BCUT2D eigenvalue weighted by Crippen LogP contribution is -2.56. The number of amides is 3. The average molecular weight is 680 g/mol. The molecule has 2 aromatic carbocycles. The molecule has 2 rings (SSSR count). The number of esters is 1. The van der Waals surface area contributed by atoms with Gasteiger partial charge in [0.1, 0.15) is 29.3 Å². The SMILES string of the molecule is CCCCCCCN(C(=O)C(NC(=O)OC(C)(C)C)C(C)CC)C(C(=O)NC(Cc1ccccc1)C(=O)OC(C)(C)C)c1ccccc1C. The molecule has 49 heavy (non-hydrogen) atoms. The van der Waals surface area contributed by atoms with Crippen LogP contribution in [0.2, 0.25) is 0 Å². The largest absolute Gasteiger partial charge is 0.458 e. The minimum Gasteiger partial charge on any atom is -0.458 e. The number of hydrogen-bond donors (Lipinski definition) is 2. The Morgan fingerprint density at radius 2 is 1.37 bits per heavy atom. The zero-order valence-corrected chi connectivity index (χ0v) is 31.6. The highest BCUT2D eigenvalue weighted by atomic mass is 16.6. The topological polar surface area (TPSA) is 114 Å². The van der Waals surface area contributed by atoms with Gasteiger partial charge in [-0.25, -0.2) is 9.59 Å². The first-order valence-corrected chi connectivity index (χ1v) is 17.9. The Kier molecular flexibility index (Phi) is 16.3. The molecule has 0 saturated carbocycles. The number of rotatable bonds is 17. The second-order valence-electron chi connectivity index (χ2n) is 15.0. The van der Waals surface area contributed by atoms with Crippen LogP contribution < -0.4 is 10.6 Å². The Morgan fingerprint density at radius 3 is 1.94 bits per heavy atom. The van der Waals surface area contributed by atoms with Gasteiger partial charge in [0, 0.05) is 13.0 Å². The highest BCUT2D eigenvalue weighted by molar-refractivity contribution is 5.94. The molecular formula is C40H61N3O6. The number of alkyl carbamates (subject to hydrolysis) is 1. The van der Waals surface area contributed by atoms with Crippen LogP contribution in [0.15, 0.2) is 54.6 Å². The first kappa shape index (κ1) is 41.3. The molecule has 2 N–H and O–H groups in total. The van der Waals surface area contributed by atoms with Crippen LogP contribution in [0.4, 0.5) is 4.79 Å². The summed E-state index contributed by atoms with van der Waals surface area (Å²) in [5.41, 5.74) is 0.788. The van der Waals surface area contributed by atoms with Gasteiger partial charge in [0.25, 0.3) is 0 Å². The number of unbranched alkanes of at least 4 members (excludes halogenated alkanes) is 4. The maximum Gasteiger partial charge on any atom is 0.408 e. The summed E-state index contributed by atoms with van der Waals surface area (Å²) >= 11 is 0. The fourth-order valence-corrected chi connectivity index (χ4v) is 5.56. The highest BCUT2D eigenvalue weighted by Gasteiger charge is 2.40. The van der Waals surface area contributed by atoms with Crippen molar-refractivity contribution in [1.29, 1.82) is 0 Å². The molecule has 272 valence electrons. The van der Waals surface area contributed by atoms with E-state index in [1.807, 2.05) is 75.4 Å². The summed E-state index contributed by atoms with van der Waals surface area (Å²) in [5.74, 6) is -1.69. The van der Waals surface area contributed by atoms with Gasteiger partial charge >= 0.3 is 12.1 Å². The first-order valence-electron chi connectivity index (χ1n) is 17.9. The Labute approximate surface area is 294 Å². The molecule has 2 aromatic rings. The Balaban J connectivity index is 2.66. The van der Waals surface area contributed by atoms with E-state index in [-0.39, 0.29) is 24.8 Å². The van der Waals surface area contributed by atoms with Crippen molar-refractivity contribution in [3.8, 4) is 0 Å². The third kappa shape index (κ3) is 14.2. The van der Waals surface area contributed by atoms with Crippen molar-refractivity contribution in [2.75, 3.05) is 6.54 Å². The molecule has 4 unspecified atom stereocenters. The number of aryl methyl sites for hydroxylation is 1. The molecular weight excluding hydrogens is 618 g/mol. The highest BCUT2D eigenvalue weighted by Crippen LogP contribution is 2.28. The number of carbonyl (C=O) groups excluding carboxylic acids is 4. The van der Waals surface area contributed by atoms with Gasteiger partial charge < -0.3 is 25.0 Å². The van der Waals surface area contributed by atoms with Gasteiger partial charge in [0.2, 0.25) is 11.8 Å². The molecule has 0 aliphatic heterocycles. The van der Waals surface area contributed by atoms with Crippen LogP contribution in [-0.4, -0.2) is 58.6 Å². The van der Waals surface area contributed by atoms with Gasteiger partial charge in [-0.15, -0.1) is 0 Å². The zero-order chi connectivity index (χ0) is 36.8. The molecule has 4 atom stereocenters. The quantitative estimate of drug-likeness (QED) is 0.130. The fourth-order valence-electron chi connectivity index (χ4n) is 5.56. The van der Waals surface area contributed by atoms with Crippen LogP contribution in [-0.2, 0) is 30.3 Å². The summed E-state index contributed by atoms with van der Waals surface area (Å²) in [7, 11) is 0. The average Bonchev–Trinajstić information content (AvgIpc) is 3.01. The van der Waals surface area contributed by atoms with Crippen LogP contribution >= 0.6 is 0 Å². The summed E-state index contributed by atoms with van der Waals surface area (Å²) < 4.78 is 11.3. The molecule has 0 radical (unpaired) electrons. The third-order valence-corrected chi connectivity index (χ3v) is 8.27.